The Morgan fingerprint density at radius 2 is 2.25 bits per heavy atom. The van der Waals surface area contributed by atoms with Gasteiger partial charge in [-0.05, 0) is 30.2 Å². The van der Waals surface area contributed by atoms with Gasteiger partial charge in [0.05, 0.1) is 6.26 Å². The predicted molar refractivity (Wildman–Crippen MR) is 60.0 cm³/mol. The Bertz CT molecular complexity index is 504. The molecule has 2 rings (SSSR count). The molecule has 1 heterocycles. The van der Waals surface area contributed by atoms with Gasteiger partial charge in [-0.2, -0.15) is 0 Å². The Balaban J connectivity index is 2.15. The molecule has 1 unspecified atom stereocenters. The monoisotopic (exact) mass is 219 g/mol. The highest BCUT2D eigenvalue weighted by atomic mass is 16.4. The molecular weight excluding hydrogens is 206 g/mol. The summed E-state index contributed by atoms with van der Waals surface area (Å²) in [6.45, 7) is 0. The van der Waals surface area contributed by atoms with E-state index in [0.717, 1.165) is 16.5 Å². The molecule has 84 valence electrons. The van der Waals surface area contributed by atoms with E-state index < -0.39 is 5.97 Å². The molecule has 0 radical (unpaired) electrons. The van der Waals surface area contributed by atoms with Crippen molar-refractivity contribution in [2.45, 2.75) is 18.9 Å². The van der Waals surface area contributed by atoms with Crippen molar-refractivity contribution in [1.29, 1.82) is 0 Å². The summed E-state index contributed by atoms with van der Waals surface area (Å²) >= 11 is 0. The fraction of sp³-hybridized carbons (Fsp3) is 0.250. The lowest BCUT2D eigenvalue weighted by Gasteiger charge is -2.10. The van der Waals surface area contributed by atoms with Crippen molar-refractivity contribution in [3.8, 4) is 0 Å². The lowest BCUT2D eigenvalue weighted by Crippen LogP contribution is -2.12. The average Bonchev–Trinajstić information content (AvgIpc) is 2.72. The maximum absolute atomic E-state index is 10.4. The van der Waals surface area contributed by atoms with Gasteiger partial charge in [-0.1, -0.05) is 6.07 Å². The minimum atomic E-state index is -0.820. The molecule has 4 nitrogen and oxygen atoms in total. The Kier molecular flexibility index (Phi) is 2.92. The lowest BCUT2D eigenvalue weighted by atomic mass is 10.0. The summed E-state index contributed by atoms with van der Waals surface area (Å²) in [5.41, 5.74) is 7.66. The van der Waals surface area contributed by atoms with Crippen molar-refractivity contribution < 1.29 is 14.3 Å². The molecule has 0 amide bonds. The summed E-state index contributed by atoms with van der Waals surface area (Å²) in [7, 11) is 0. The second kappa shape index (κ2) is 4.37. The van der Waals surface area contributed by atoms with E-state index in [1.807, 2.05) is 24.3 Å². The van der Waals surface area contributed by atoms with Crippen LogP contribution in [0.5, 0.6) is 0 Å². The summed E-state index contributed by atoms with van der Waals surface area (Å²) in [4.78, 5) is 10.4. The van der Waals surface area contributed by atoms with Crippen LogP contribution in [0.25, 0.3) is 11.0 Å². The molecule has 3 N–H and O–H groups in total. The second-order valence-electron chi connectivity index (χ2n) is 3.76. The number of hydrogen-bond acceptors (Lipinski definition) is 3. The highest BCUT2D eigenvalue weighted by Crippen LogP contribution is 2.22. The van der Waals surface area contributed by atoms with Crippen LogP contribution in [-0.4, -0.2) is 11.1 Å². The van der Waals surface area contributed by atoms with E-state index in [9.17, 15) is 4.79 Å². The van der Waals surface area contributed by atoms with E-state index in [1.54, 1.807) is 6.26 Å². The van der Waals surface area contributed by atoms with Crippen LogP contribution in [0.15, 0.2) is 34.9 Å². The van der Waals surface area contributed by atoms with Gasteiger partial charge in [-0.15, -0.1) is 0 Å². The van der Waals surface area contributed by atoms with Crippen molar-refractivity contribution in [1.82, 2.24) is 0 Å². The fourth-order valence-corrected chi connectivity index (χ4v) is 1.66. The van der Waals surface area contributed by atoms with E-state index in [4.69, 9.17) is 15.3 Å². The normalized spacial score (nSPS) is 12.8. The molecule has 0 bridgehead atoms. The summed E-state index contributed by atoms with van der Waals surface area (Å²) in [5.74, 6) is -0.820. The number of carboxylic acid groups (broad SMARTS) is 1. The number of carbonyl (C=O) groups is 1. The number of benzene rings is 1. The quantitative estimate of drug-likeness (QED) is 0.827. The zero-order valence-corrected chi connectivity index (χ0v) is 8.72. The first-order chi connectivity index (χ1) is 7.66. The summed E-state index contributed by atoms with van der Waals surface area (Å²) in [6.07, 6.45) is 2.15. The lowest BCUT2D eigenvalue weighted by molar-refractivity contribution is -0.137. The molecule has 0 aliphatic heterocycles. The van der Waals surface area contributed by atoms with Crippen LogP contribution in [-0.2, 0) is 4.79 Å². The molecule has 0 aliphatic carbocycles. The van der Waals surface area contributed by atoms with E-state index in [2.05, 4.69) is 0 Å². The molecule has 0 saturated carbocycles. The minimum absolute atomic E-state index is 0.0879. The molecule has 1 aromatic carbocycles. The topological polar surface area (TPSA) is 76.5 Å². The van der Waals surface area contributed by atoms with Gasteiger partial charge in [0, 0.05) is 17.8 Å². The first-order valence-corrected chi connectivity index (χ1v) is 5.11. The van der Waals surface area contributed by atoms with Gasteiger partial charge >= 0.3 is 5.97 Å². The van der Waals surface area contributed by atoms with Gasteiger partial charge < -0.3 is 15.3 Å². The number of hydrogen-bond donors (Lipinski definition) is 2. The van der Waals surface area contributed by atoms with Crippen molar-refractivity contribution >= 4 is 16.9 Å². The smallest absolute Gasteiger partial charge is 0.303 e. The SMILES string of the molecule is NC(CCC(=O)O)c1ccc2occc2c1. The highest BCUT2D eigenvalue weighted by molar-refractivity contribution is 5.77. The van der Waals surface area contributed by atoms with E-state index in [0.29, 0.717) is 6.42 Å². The third-order valence-corrected chi connectivity index (χ3v) is 2.57. The molecule has 4 heteroatoms. The third-order valence-electron chi connectivity index (χ3n) is 2.57. The van der Waals surface area contributed by atoms with Crippen LogP contribution in [0.4, 0.5) is 0 Å². The van der Waals surface area contributed by atoms with E-state index >= 15 is 0 Å². The highest BCUT2D eigenvalue weighted by Gasteiger charge is 2.09. The van der Waals surface area contributed by atoms with Crippen molar-refractivity contribution in [3.63, 3.8) is 0 Å². The molecular formula is C12H13NO3. The van der Waals surface area contributed by atoms with Crippen LogP contribution in [0, 0.1) is 0 Å². The van der Waals surface area contributed by atoms with Crippen molar-refractivity contribution in [2.75, 3.05) is 0 Å². The Morgan fingerprint density at radius 1 is 1.44 bits per heavy atom. The standard InChI is InChI=1S/C12H13NO3/c13-10(2-4-12(14)15)8-1-3-11-9(7-8)5-6-16-11/h1,3,5-7,10H,2,4,13H2,(H,14,15). The fourth-order valence-electron chi connectivity index (χ4n) is 1.66. The van der Waals surface area contributed by atoms with Crippen LogP contribution < -0.4 is 5.73 Å². The summed E-state index contributed by atoms with van der Waals surface area (Å²) in [6, 6.07) is 7.29. The number of rotatable bonds is 4. The number of aliphatic carboxylic acids is 1. The molecule has 2 aromatic rings. The van der Waals surface area contributed by atoms with Crippen molar-refractivity contribution in [3.05, 3.63) is 36.1 Å². The molecule has 0 aliphatic rings. The zero-order chi connectivity index (χ0) is 11.5. The maximum Gasteiger partial charge on any atom is 0.303 e. The first kappa shape index (κ1) is 10.7. The second-order valence-corrected chi connectivity index (χ2v) is 3.76. The van der Waals surface area contributed by atoms with Gasteiger partial charge in [0.15, 0.2) is 0 Å². The van der Waals surface area contributed by atoms with E-state index in [-0.39, 0.29) is 12.5 Å². The average molecular weight is 219 g/mol. The molecule has 1 atom stereocenters. The van der Waals surface area contributed by atoms with Gasteiger partial charge in [0.1, 0.15) is 5.58 Å². The summed E-state index contributed by atoms with van der Waals surface area (Å²) in [5, 5.41) is 9.57. The Morgan fingerprint density at radius 3 is 3.00 bits per heavy atom. The zero-order valence-electron chi connectivity index (χ0n) is 8.72. The Hall–Kier alpha value is -1.81. The van der Waals surface area contributed by atoms with Gasteiger partial charge in [-0.3, -0.25) is 4.79 Å². The Labute approximate surface area is 92.7 Å². The van der Waals surface area contributed by atoms with Gasteiger partial charge in [-0.25, -0.2) is 0 Å². The van der Waals surface area contributed by atoms with Crippen LogP contribution in [0.2, 0.25) is 0 Å². The molecule has 0 saturated heterocycles. The van der Waals surface area contributed by atoms with Crippen LogP contribution >= 0.6 is 0 Å². The minimum Gasteiger partial charge on any atom is -0.481 e. The number of nitrogens with two attached hydrogens (primary N) is 1. The molecule has 16 heavy (non-hydrogen) atoms. The summed E-state index contributed by atoms with van der Waals surface area (Å²) < 4.78 is 5.22. The largest absolute Gasteiger partial charge is 0.481 e. The molecule has 1 aromatic heterocycles. The molecule has 0 spiro atoms. The van der Waals surface area contributed by atoms with Crippen molar-refractivity contribution in [2.24, 2.45) is 5.73 Å². The van der Waals surface area contributed by atoms with Gasteiger partial charge in [0.25, 0.3) is 0 Å². The van der Waals surface area contributed by atoms with Crippen LogP contribution in [0.3, 0.4) is 0 Å². The number of fused-ring (bicyclic) bond motifs is 1. The number of carboxylic acids is 1. The predicted octanol–water partition coefficient (Wildman–Crippen LogP) is 2.30. The first-order valence-electron chi connectivity index (χ1n) is 5.11. The third kappa shape index (κ3) is 2.23. The maximum atomic E-state index is 10.4. The van der Waals surface area contributed by atoms with Crippen LogP contribution in [0.1, 0.15) is 24.4 Å². The number of furan rings is 1. The van der Waals surface area contributed by atoms with Gasteiger partial charge in [0.2, 0.25) is 0 Å². The molecule has 0 fully saturated rings. The van der Waals surface area contributed by atoms with E-state index in [1.165, 1.54) is 0 Å².